The van der Waals surface area contributed by atoms with Crippen molar-refractivity contribution in [2.24, 2.45) is 7.05 Å². The molecule has 2 aromatic carbocycles. The van der Waals surface area contributed by atoms with E-state index in [0.29, 0.717) is 18.1 Å². The lowest BCUT2D eigenvalue weighted by Crippen LogP contribution is -2.23. The van der Waals surface area contributed by atoms with E-state index in [1.807, 2.05) is 54.5 Å². The van der Waals surface area contributed by atoms with Crippen molar-refractivity contribution < 1.29 is 9.53 Å². The fourth-order valence-corrected chi connectivity index (χ4v) is 4.38. The molecule has 37 heavy (non-hydrogen) atoms. The van der Waals surface area contributed by atoms with Gasteiger partial charge in [-0.3, -0.25) is 19.4 Å². The summed E-state index contributed by atoms with van der Waals surface area (Å²) in [6.45, 7) is 1.01. The highest BCUT2D eigenvalue weighted by atomic mass is 16.5. The van der Waals surface area contributed by atoms with Crippen molar-refractivity contribution in [2.75, 3.05) is 16.8 Å². The monoisotopic (exact) mass is 492 g/mol. The average Bonchev–Trinajstić information content (AvgIpc) is 3.55. The van der Waals surface area contributed by atoms with E-state index >= 15 is 0 Å². The Morgan fingerprint density at radius 2 is 2.03 bits per heavy atom. The van der Waals surface area contributed by atoms with Crippen LogP contribution < -0.4 is 15.0 Å². The lowest BCUT2D eigenvalue weighted by Gasteiger charge is -2.17. The van der Waals surface area contributed by atoms with Gasteiger partial charge in [-0.25, -0.2) is 9.97 Å². The summed E-state index contributed by atoms with van der Waals surface area (Å²) in [6, 6.07) is 11.6. The number of aromatic nitrogens is 6. The number of benzene rings is 2. The Hall–Kier alpha value is -4.86. The smallest absolute Gasteiger partial charge is 0.227 e. The molecule has 4 heterocycles. The molecule has 0 saturated carbocycles. The van der Waals surface area contributed by atoms with Crippen molar-refractivity contribution in [2.45, 2.75) is 19.4 Å². The van der Waals surface area contributed by atoms with Gasteiger partial charge in [0.1, 0.15) is 12.4 Å². The molecule has 1 saturated heterocycles. The highest BCUT2D eigenvalue weighted by Crippen LogP contribution is 2.34. The molecular weight excluding hydrogens is 468 g/mol. The number of aryl methyl sites for hydroxylation is 1. The number of nitrogens with one attached hydrogen (secondary N) is 1. The molecule has 184 valence electrons. The Balaban J connectivity index is 1.32. The summed E-state index contributed by atoms with van der Waals surface area (Å²) in [5, 5.41) is 8.44. The Kier molecular flexibility index (Phi) is 5.89. The number of fused-ring (bicyclic) bond motifs is 1. The predicted molar refractivity (Wildman–Crippen MR) is 139 cm³/mol. The predicted octanol–water partition coefficient (Wildman–Crippen LogP) is 4.27. The van der Waals surface area contributed by atoms with Crippen LogP contribution in [0, 0.1) is 0 Å². The van der Waals surface area contributed by atoms with Crippen LogP contribution in [0.1, 0.15) is 18.5 Å². The summed E-state index contributed by atoms with van der Waals surface area (Å²) in [6.07, 6.45) is 11.9. The molecule has 5 aromatic rings. The van der Waals surface area contributed by atoms with E-state index in [0.717, 1.165) is 52.1 Å². The highest BCUT2D eigenvalue weighted by Gasteiger charge is 2.21. The third-order valence-electron chi connectivity index (χ3n) is 6.18. The minimum absolute atomic E-state index is 0.150. The van der Waals surface area contributed by atoms with Crippen LogP contribution in [-0.2, 0) is 18.4 Å². The van der Waals surface area contributed by atoms with Crippen molar-refractivity contribution in [3.05, 3.63) is 79.3 Å². The largest absolute Gasteiger partial charge is 0.487 e. The fraction of sp³-hybridized carbons (Fsp3) is 0.185. The second-order valence-electron chi connectivity index (χ2n) is 8.81. The topological polar surface area (TPSA) is 111 Å². The molecule has 10 heteroatoms. The van der Waals surface area contributed by atoms with E-state index in [-0.39, 0.29) is 12.5 Å². The maximum Gasteiger partial charge on any atom is 0.227 e. The lowest BCUT2D eigenvalue weighted by molar-refractivity contribution is -0.117. The van der Waals surface area contributed by atoms with Crippen molar-refractivity contribution in [1.29, 1.82) is 0 Å². The van der Waals surface area contributed by atoms with E-state index in [2.05, 4.69) is 25.4 Å². The van der Waals surface area contributed by atoms with Crippen LogP contribution in [0.5, 0.6) is 5.75 Å². The number of carbonyl (C=O) groups is 1. The van der Waals surface area contributed by atoms with E-state index < -0.39 is 0 Å². The van der Waals surface area contributed by atoms with Crippen LogP contribution in [0.3, 0.4) is 0 Å². The molecule has 1 N–H and O–H groups in total. The quantitative estimate of drug-likeness (QED) is 0.359. The van der Waals surface area contributed by atoms with Crippen LogP contribution >= 0.6 is 0 Å². The summed E-state index contributed by atoms with van der Waals surface area (Å²) in [4.78, 5) is 31.6. The van der Waals surface area contributed by atoms with E-state index in [1.54, 1.807) is 35.7 Å². The maximum atomic E-state index is 12.2. The summed E-state index contributed by atoms with van der Waals surface area (Å²) in [5.41, 5.74) is 4.94. The molecule has 10 nitrogen and oxygen atoms in total. The number of ether oxygens (including phenoxy) is 1. The van der Waals surface area contributed by atoms with Crippen molar-refractivity contribution >= 4 is 34.1 Å². The summed E-state index contributed by atoms with van der Waals surface area (Å²) < 4.78 is 7.93. The standard InChI is InChI=1S/C27H24N8O2/c1-34-16-19(14-31-34)23-10-18-13-30-27(32-20-4-2-5-22(11-20)35-9-3-6-26(35)36)33-24(18)12-25(23)37-17-21-15-28-7-8-29-21/h2,4-5,7-8,10-16H,3,6,9,17H2,1H3,(H,30,32,33). The second kappa shape index (κ2) is 9.65. The van der Waals surface area contributed by atoms with Crippen LogP contribution in [0.2, 0.25) is 0 Å². The van der Waals surface area contributed by atoms with Gasteiger partial charge in [-0.2, -0.15) is 5.10 Å². The van der Waals surface area contributed by atoms with Gasteiger partial charge in [-0.15, -0.1) is 0 Å². The first-order valence-corrected chi connectivity index (χ1v) is 12.0. The number of nitrogens with zero attached hydrogens (tertiary/aromatic N) is 7. The van der Waals surface area contributed by atoms with E-state index in [1.165, 1.54) is 0 Å². The van der Waals surface area contributed by atoms with Gasteiger partial charge in [0.25, 0.3) is 0 Å². The molecular formula is C27H24N8O2. The zero-order valence-corrected chi connectivity index (χ0v) is 20.2. The van der Waals surface area contributed by atoms with E-state index in [4.69, 9.17) is 9.72 Å². The first-order chi connectivity index (χ1) is 18.1. The Labute approximate surface area is 213 Å². The number of amides is 1. The van der Waals surface area contributed by atoms with Crippen molar-refractivity contribution in [3.63, 3.8) is 0 Å². The number of hydrogen-bond donors (Lipinski definition) is 1. The van der Waals surface area contributed by atoms with Gasteiger partial charge in [-0.05, 0) is 30.7 Å². The van der Waals surface area contributed by atoms with Gasteiger partial charge >= 0.3 is 0 Å². The zero-order chi connectivity index (χ0) is 25.2. The lowest BCUT2D eigenvalue weighted by atomic mass is 10.1. The first kappa shape index (κ1) is 22.6. The van der Waals surface area contributed by atoms with Gasteiger partial charge in [-0.1, -0.05) is 6.07 Å². The Morgan fingerprint density at radius 3 is 2.81 bits per heavy atom. The number of carbonyl (C=O) groups excluding carboxylic acids is 1. The molecule has 1 aliphatic heterocycles. The molecule has 1 amide bonds. The van der Waals surface area contributed by atoms with Crippen LogP contribution in [0.25, 0.3) is 22.0 Å². The third-order valence-corrected chi connectivity index (χ3v) is 6.18. The molecule has 0 aliphatic carbocycles. The van der Waals surface area contributed by atoms with Gasteiger partial charge < -0.3 is 15.0 Å². The SMILES string of the molecule is Cn1cc(-c2cc3cnc(Nc4cccc(N5CCCC5=O)c4)nc3cc2OCc2cnccn2)cn1. The number of anilines is 3. The Morgan fingerprint density at radius 1 is 1.08 bits per heavy atom. The van der Waals surface area contributed by atoms with Gasteiger partial charge in [0, 0.05) is 78.8 Å². The van der Waals surface area contributed by atoms with E-state index in [9.17, 15) is 4.79 Å². The third kappa shape index (κ3) is 4.81. The second-order valence-corrected chi connectivity index (χ2v) is 8.81. The highest BCUT2D eigenvalue weighted by molar-refractivity contribution is 5.96. The normalized spacial score (nSPS) is 13.3. The summed E-state index contributed by atoms with van der Waals surface area (Å²) in [7, 11) is 1.88. The Bertz CT molecular complexity index is 1580. The molecule has 6 rings (SSSR count). The molecule has 0 atom stereocenters. The van der Waals surface area contributed by atoms with Crippen molar-refractivity contribution in [1.82, 2.24) is 29.7 Å². The molecule has 0 spiro atoms. The molecule has 1 aliphatic rings. The fourth-order valence-electron chi connectivity index (χ4n) is 4.38. The number of hydrogen-bond acceptors (Lipinski definition) is 8. The number of rotatable bonds is 7. The first-order valence-electron chi connectivity index (χ1n) is 12.0. The summed E-state index contributed by atoms with van der Waals surface area (Å²) >= 11 is 0. The van der Waals surface area contributed by atoms with Gasteiger partial charge in [0.2, 0.25) is 11.9 Å². The van der Waals surface area contributed by atoms with Crippen LogP contribution in [0.15, 0.2) is 73.6 Å². The molecule has 0 bridgehead atoms. The molecule has 0 radical (unpaired) electrons. The summed E-state index contributed by atoms with van der Waals surface area (Å²) in [5.74, 6) is 1.26. The van der Waals surface area contributed by atoms with Gasteiger partial charge in [0.05, 0.1) is 23.6 Å². The minimum Gasteiger partial charge on any atom is -0.487 e. The van der Waals surface area contributed by atoms with Crippen LogP contribution in [0.4, 0.5) is 17.3 Å². The van der Waals surface area contributed by atoms with Gasteiger partial charge in [0.15, 0.2) is 0 Å². The average molecular weight is 493 g/mol. The zero-order valence-electron chi connectivity index (χ0n) is 20.2. The van der Waals surface area contributed by atoms with Crippen molar-refractivity contribution in [3.8, 4) is 16.9 Å². The molecule has 3 aromatic heterocycles. The molecule has 1 fully saturated rings. The maximum absolute atomic E-state index is 12.2. The van der Waals surface area contributed by atoms with Crippen LogP contribution in [-0.4, -0.2) is 42.2 Å². The minimum atomic E-state index is 0.150. The molecule has 0 unspecified atom stereocenters.